The van der Waals surface area contributed by atoms with Crippen LogP contribution >= 0.6 is 23.2 Å². The molecular weight excluding hydrogens is 319 g/mol. The highest BCUT2D eigenvalue weighted by Gasteiger charge is 2.03. The largest absolute Gasteiger partial charge is 0.355 e. The van der Waals surface area contributed by atoms with E-state index in [1.807, 2.05) is 36.4 Å². The zero-order valence-corrected chi connectivity index (χ0v) is 13.6. The maximum atomic E-state index is 11.7. The third kappa shape index (κ3) is 5.68. The van der Waals surface area contributed by atoms with Crippen LogP contribution in [-0.2, 0) is 17.8 Å². The molecule has 116 valence electrons. The van der Waals surface area contributed by atoms with Gasteiger partial charge in [0.05, 0.1) is 6.54 Å². The molecule has 0 saturated heterocycles. The second-order valence-corrected chi connectivity index (χ2v) is 5.77. The molecule has 5 heteroatoms. The fraction of sp³-hybridized carbons (Fsp3) is 0.235. The van der Waals surface area contributed by atoms with E-state index in [1.165, 1.54) is 0 Å². The topological polar surface area (TPSA) is 41.1 Å². The second kappa shape index (κ2) is 8.79. The Labute approximate surface area is 140 Å². The summed E-state index contributed by atoms with van der Waals surface area (Å²) < 4.78 is 0. The first-order chi connectivity index (χ1) is 10.6. The Hall–Kier alpha value is -1.55. The SMILES string of the molecule is O=C(CNCc1ccccc1)NCCc1ccc(Cl)cc1Cl. The Balaban J connectivity index is 1.65. The summed E-state index contributed by atoms with van der Waals surface area (Å²) in [6, 6.07) is 15.4. The molecule has 0 fully saturated rings. The van der Waals surface area contributed by atoms with Crippen LogP contribution in [-0.4, -0.2) is 19.0 Å². The van der Waals surface area contributed by atoms with Crippen molar-refractivity contribution in [3.05, 3.63) is 69.7 Å². The molecule has 0 saturated carbocycles. The second-order valence-electron chi connectivity index (χ2n) is 4.92. The molecule has 2 rings (SSSR count). The van der Waals surface area contributed by atoms with Crippen molar-refractivity contribution in [1.82, 2.24) is 10.6 Å². The number of carbonyl (C=O) groups is 1. The lowest BCUT2D eigenvalue weighted by molar-refractivity contribution is -0.120. The summed E-state index contributed by atoms with van der Waals surface area (Å²) in [6.45, 7) is 1.52. The monoisotopic (exact) mass is 336 g/mol. The van der Waals surface area contributed by atoms with Gasteiger partial charge in [0.15, 0.2) is 0 Å². The van der Waals surface area contributed by atoms with Gasteiger partial charge in [0.2, 0.25) is 5.91 Å². The highest BCUT2D eigenvalue weighted by atomic mass is 35.5. The van der Waals surface area contributed by atoms with Crippen LogP contribution in [0, 0.1) is 0 Å². The number of carbonyl (C=O) groups excluding carboxylic acids is 1. The summed E-state index contributed by atoms with van der Waals surface area (Å²) >= 11 is 11.9. The molecule has 0 heterocycles. The van der Waals surface area contributed by atoms with E-state index in [2.05, 4.69) is 10.6 Å². The van der Waals surface area contributed by atoms with Gasteiger partial charge in [-0.1, -0.05) is 59.6 Å². The van der Waals surface area contributed by atoms with Gasteiger partial charge >= 0.3 is 0 Å². The molecule has 0 aliphatic carbocycles. The fourth-order valence-electron chi connectivity index (χ4n) is 2.04. The molecular formula is C17H18Cl2N2O. The minimum Gasteiger partial charge on any atom is -0.355 e. The van der Waals surface area contributed by atoms with Gasteiger partial charge in [-0.2, -0.15) is 0 Å². The van der Waals surface area contributed by atoms with Gasteiger partial charge in [0.1, 0.15) is 0 Å². The normalized spacial score (nSPS) is 10.5. The molecule has 0 atom stereocenters. The average molecular weight is 337 g/mol. The van der Waals surface area contributed by atoms with E-state index in [0.717, 1.165) is 11.1 Å². The first-order valence-corrected chi connectivity index (χ1v) is 7.86. The molecule has 0 aliphatic rings. The Morgan fingerprint density at radius 2 is 1.82 bits per heavy atom. The molecule has 1 amide bonds. The maximum absolute atomic E-state index is 11.7. The molecule has 22 heavy (non-hydrogen) atoms. The molecule has 2 N–H and O–H groups in total. The van der Waals surface area contributed by atoms with E-state index < -0.39 is 0 Å². The van der Waals surface area contributed by atoms with Crippen molar-refractivity contribution >= 4 is 29.1 Å². The van der Waals surface area contributed by atoms with Crippen LogP contribution < -0.4 is 10.6 Å². The van der Waals surface area contributed by atoms with Crippen molar-refractivity contribution in [3.8, 4) is 0 Å². The molecule has 0 unspecified atom stereocenters. The Kier molecular flexibility index (Phi) is 6.72. The van der Waals surface area contributed by atoms with Crippen LogP contribution in [0.4, 0.5) is 0 Å². The van der Waals surface area contributed by atoms with Gasteiger partial charge in [0.25, 0.3) is 0 Å². The van der Waals surface area contributed by atoms with E-state index in [4.69, 9.17) is 23.2 Å². The van der Waals surface area contributed by atoms with Crippen molar-refractivity contribution in [2.45, 2.75) is 13.0 Å². The number of nitrogens with one attached hydrogen (secondary N) is 2. The first-order valence-electron chi connectivity index (χ1n) is 7.10. The molecule has 2 aromatic rings. The number of amides is 1. The number of hydrogen-bond donors (Lipinski definition) is 2. The lowest BCUT2D eigenvalue weighted by Gasteiger charge is -2.08. The minimum atomic E-state index is -0.0268. The summed E-state index contributed by atoms with van der Waals surface area (Å²) in [4.78, 5) is 11.7. The Morgan fingerprint density at radius 3 is 2.55 bits per heavy atom. The summed E-state index contributed by atoms with van der Waals surface area (Å²) in [5.41, 5.74) is 2.13. The lowest BCUT2D eigenvalue weighted by atomic mass is 10.1. The van der Waals surface area contributed by atoms with Crippen molar-refractivity contribution in [2.75, 3.05) is 13.1 Å². The fourth-order valence-corrected chi connectivity index (χ4v) is 2.54. The van der Waals surface area contributed by atoms with Crippen LogP contribution in [0.25, 0.3) is 0 Å². The summed E-state index contributed by atoms with van der Waals surface area (Å²) in [5, 5.41) is 7.22. The predicted octanol–water partition coefficient (Wildman–Crippen LogP) is 3.44. The van der Waals surface area contributed by atoms with E-state index in [1.54, 1.807) is 12.1 Å². The van der Waals surface area contributed by atoms with Gasteiger partial charge in [-0.15, -0.1) is 0 Å². The number of benzene rings is 2. The van der Waals surface area contributed by atoms with E-state index in [-0.39, 0.29) is 5.91 Å². The quantitative estimate of drug-likeness (QED) is 0.813. The van der Waals surface area contributed by atoms with E-state index in [0.29, 0.717) is 36.1 Å². The van der Waals surface area contributed by atoms with Crippen LogP contribution in [0.1, 0.15) is 11.1 Å². The summed E-state index contributed by atoms with van der Waals surface area (Å²) in [6.07, 6.45) is 0.681. The third-order valence-corrected chi connectivity index (χ3v) is 3.78. The van der Waals surface area contributed by atoms with Crippen molar-refractivity contribution < 1.29 is 4.79 Å². The lowest BCUT2D eigenvalue weighted by Crippen LogP contribution is -2.34. The third-order valence-electron chi connectivity index (χ3n) is 3.19. The van der Waals surface area contributed by atoms with Crippen LogP contribution in [0.2, 0.25) is 10.0 Å². The van der Waals surface area contributed by atoms with Gasteiger partial charge in [0, 0.05) is 23.1 Å². The van der Waals surface area contributed by atoms with Gasteiger partial charge in [-0.05, 0) is 29.7 Å². The smallest absolute Gasteiger partial charge is 0.233 e. The Bertz CT molecular complexity index is 617. The Morgan fingerprint density at radius 1 is 1.05 bits per heavy atom. The molecule has 3 nitrogen and oxygen atoms in total. The van der Waals surface area contributed by atoms with Crippen molar-refractivity contribution in [1.29, 1.82) is 0 Å². The molecule has 0 spiro atoms. The molecule has 0 radical (unpaired) electrons. The summed E-state index contributed by atoms with van der Waals surface area (Å²) in [7, 11) is 0. The van der Waals surface area contributed by atoms with Crippen LogP contribution in [0.3, 0.4) is 0 Å². The number of rotatable bonds is 7. The van der Waals surface area contributed by atoms with E-state index >= 15 is 0 Å². The van der Waals surface area contributed by atoms with Crippen LogP contribution in [0.15, 0.2) is 48.5 Å². The minimum absolute atomic E-state index is 0.0268. The number of halogens is 2. The standard InChI is InChI=1S/C17H18Cl2N2O/c18-15-7-6-14(16(19)10-15)8-9-21-17(22)12-20-11-13-4-2-1-3-5-13/h1-7,10,20H,8-9,11-12H2,(H,21,22). The molecule has 0 bridgehead atoms. The zero-order valence-electron chi connectivity index (χ0n) is 12.1. The van der Waals surface area contributed by atoms with Crippen molar-refractivity contribution in [3.63, 3.8) is 0 Å². The average Bonchev–Trinajstić information content (AvgIpc) is 2.50. The zero-order chi connectivity index (χ0) is 15.8. The summed E-state index contributed by atoms with van der Waals surface area (Å²) in [5.74, 6) is -0.0268. The molecule has 0 aliphatic heterocycles. The molecule has 0 aromatic heterocycles. The van der Waals surface area contributed by atoms with Gasteiger partial charge in [-0.3, -0.25) is 4.79 Å². The number of hydrogen-bond acceptors (Lipinski definition) is 2. The maximum Gasteiger partial charge on any atom is 0.233 e. The highest BCUT2D eigenvalue weighted by Crippen LogP contribution is 2.20. The van der Waals surface area contributed by atoms with Crippen molar-refractivity contribution in [2.24, 2.45) is 0 Å². The molecule has 2 aromatic carbocycles. The highest BCUT2D eigenvalue weighted by molar-refractivity contribution is 6.35. The first kappa shape index (κ1) is 16.8. The van der Waals surface area contributed by atoms with Crippen LogP contribution in [0.5, 0.6) is 0 Å². The van der Waals surface area contributed by atoms with Gasteiger partial charge in [-0.25, -0.2) is 0 Å². The predicted molar refractivity (Wildman–Crippen MR) is 91.3 cm³/mol. The van der Waals surface area contributed by atoms with Gasteiger partial charge < -0.3 is 10.6 Å². The van der Waals surface area contributed by atoms with E-state index in [9.17, 15) is 4.79 Å².